The van der Waals surface area contributed by atoms with E-state index in [0.717, 1.165) is 0 Å². The monoisotopic (exact) mass is 256 g/mol. The van der Waals surface area contributed by atoms with E-state index >= 15 is 0 Å². The largest absolute Gasteiger partial charge is 0.393 e. The molecule has 5 nitrogen and oxygen atoms in total. The maximum Gasteiger partial charge on any atom is 0.242 e. The molecule has 0 aliphatic heterocycles. The number of anilines is 1. The number of para-hydroxylation sites is 1. The number of hydrogen-bond donors (Lipinski definition) is 3. The molecular formula is C11H16N2O3S. The molecule has 94 valence electrons. The third-order valence-electron chi connectivity index (χ3n) is 2.92. The van der Waals surface area contributed by atoms with Crippen LogP contribution in [0.4, 0.5) is 5.69 Å². The molecule has 1 aliphatic rings. The predicted octanol–water partition coefficient (Wildman–Crippen LogP) is 0.530. The lowest BCUT2D eigenvalue weighted by Gasteiger charge is -2.33. The molecule has 0 saturated heterocycles. The fourth-order valence-electron chi connectivity index (χ4n) is 1.86. The smallest absolute Gasteiger partial charge is 0.242 e. The molecule has 0 bridgehead atoms. The second-order valence-corrected chi connectivity index (χ2v) is 6.03. The molecular weight excluding hydrogens is 240 g/mol. The third kappa shape index (κ3) is 2.59. The first-order chi connectivity index (χ1) is 8.03. The van der Waals surface area contributed by atoms with Gasteiger partial charge >= 0.3 is 0 Å². The van der Waals surface area contributed by atoms with E-state index in [2.05, 4.69) is 10.0 Å². The lowest BCUT2D eigenvalue weighted by Crippen LogP contribution is -2.39. The number of sulfonamides is 1. The van der Waals surface area contributed by atoms with E-state index in [1.165, 1.54) is 7.05 Å². The van der Waals surface area contributed by atoms with E-state index < -0.39 is 10.0 Å². The molecule has 0 unspecified atom stereocenters. The van der Waals surface area contributed by atoms with Crippen LogP contribution in [0.15, 0.2) is 29.2 Å². The summed E-state index contributed by atoms with van der Waals surface area (Å²) in [5.74, 6) is 0. The minimum atomic E-state index is -3.45. The maximum atomic E-state index is 11.8. The average Bonchev–Trinajstić information content (AvgIpc) is 2.27. The van der Waals surface area contributed by atoms with Gasteiger partial charge in [-0.1, -0.05) is 12.1 Å². The van der Waals surface area contributed by atoms with E-state index in [4.69, 9.17) is 0 Å². The van der Waals surface area contributed by atoms with Gasteiger partial charge in [0.1, 0.15) is 4.90 Å². The van der Waals surface area contributed by atoms with Crippen molar-refractivity contribution in [1.29, 1.82) is 0 Å². The average molecular weight is 256 g/mol. The zero-order valence-corrected chi connectivity index (χ0v) is 10.4. The predicted molar refractivity (Wildman–Crippen MR) is 65.3 cm³/mol. The zero-order chi connectivity index (χ0) is 12.5. The van der Waals surface area contributed by atoms with Crippen molar-refractivity contribution in [2.75, 3.05) is 12.4 Å². The van der Waals surface area contributed by atoms with E-state index in [-0.39, 0.29) is 17.0 Å². The number of hydrogen-bond acceptors (Lipinski definition) is 4. The minimum absolute atomic E-state index is 0.151. The normalized spacial score (nSPS) is 24.1. The Balaban J connectivity index is 2.22. The second kappa shape index (κ2) is 4.64. The van der Waals surface area contributed by atoms with Crippen LogP contribution >= 0.6 is 0 Å². The van der Waals surface area contributed by atoms with Crippen molar-refractivity contribution in [3.63, 3.8) is 0 Å². The summed E-state index contributed by atoms with van der Waals surface area (Å²) < 4.78 is 25.8. The first-order valence-corrected chi connectivity index (χ1v) is 6.98. The van der Waals surface area contributed by atoms with Crippen LogP contribution in [-0.4, -0.2) is 32.7 Å². The molecule has 0 aromatic heterocycles. The molecule has 0 heterocycles. The Morgan fingerprint density at radius 3 is 2.53 bits per heavy atom. The molecule has 6 heteroatoms. The topological polar surface area (TPSA) is 78.4 Å². The molecule has 17 heavy (non-hydrogen) atoms. The molecule has 0 radical (unpaired) electrons. The molecule has 3 N–H and O–H groups in total. The summed E-state index contributed by atoms with van der Waals surface area (Å²) in [5, 5.41) is 12.3. The highest BCUT2D eigenvalue weighted by molar-refractivity contribution is 7.89. The van der Waals surface area contributed by atoms with Gasteiger partial charge in [0.25, 0.3) is 0 Å². The van der Waals surface area contributed by atoms with E-state index in [0.29, 0.717) is 18.5 Å². The molecule has 0 spiro atoms. The van der Waals surface area contributed by atoms with Gasteiger partial charge < -0.3 is 10.4 Å². The van der Waals surface area contributed by atoms with Crippen molar-refractivity contribution >= 4 is 15.7 Å². The molecule has 1 saturated carbocycles. The summed E-state index contributed by atoms with van der Waals surface area (Å²) in [6.07, 6.45) is 1.06. The lowest BCUT2D eigenvalue weighted by atomic mass is 9.89. The SMILES string of the molecule is CNS(=O)(=O)c1ccccc1NC1CC(O)C1. The molecule has 0 amide bonds. The maximum absolute atomic E-state index is 11.8. The van der Waals surface area contributed by atoms with Gasteiger partial charge in [-0.2, -0.15) is 0 Å². The Hall–Kier alpha value is -1.11. The van der Waals surface area contributed by atoms with Crippen LogP contribution in [0.1, 0.15) is 12.8 Å². The van der Waals surface area contributed by atoms with Crippen LogP contribution in [0.2, 0.25) is 0 Å². The zero-order valence-electron chi connectivity index (χ0n) is 9.55. The number of nitrogens with one attached hydrogen (secondary N) is 2. The van der Waals surface area contributed by atoms with Crippen LogP contribution < -0.4 is 10.0 Å². The summed E-state index contributed by atoms with van der Waals surface area (Å²) in [6, 6.07) is 6.91. The van der Waals surface area contributed by atoms with Crippen molar-refractivity contribution in [1.82, 2.24) is 4.72 Å². The van der Waals surface area contributed by atoms with E-state index in [9.17, 15) is 13.5 Å². The van der Waals surface area contributed by atoms with E-state index in [1.54, 1.807) is 24.3 Å². The Morgan fingerprint density at radius 2 is 1.94 bits per heavy atom. The van der Waals surface area contributed by atoms with Crippen LogP contribution in [0.3, 0.4) is 0 Å². The van der Waals surface area contributed by atoms with Crippen LogP contribution in [0.25, 0.3) is 0 Å². The summed E-state index contributed by atoms with van der Waals surface area (Å²) in [5.41, 5.74) is 0.582. The van der Waals surface area contributed by atoms with Crippen LogP contribution in [0, 0.1) is 0 Å². The van der Waals surface area contributed by atoms with Crippen molar-refractivity contribution < 1.29 is 13.5 Å². The molecule has 1 aromatic carbocycles. The highest BCUT2D eigenvalue weighted by Crippen LogP contribution is 2.27. The quantitative estimate of drug-likeness (QED) is 0.734. The fraction of sp³-hybridized carbons (Fsp3) is 0.455. The Kier molecular flexibility index (Phi) is 3.37. The Morgan fingerprint density at radius 1 is 1.29 bits per heavy atom. The lowest BCUT2D eigenvalue weighted by molar-refractivity contribution is 0.0836. The first kappa shape index (κ1) is 12.3. The van der Waals surface area contributed by atoms with Crippen LogP contribution in [0.5, 0.6) is 0 Å². The molecule has 1 aliphatic carbocycles. The highest BCUT2D eigenvalue weighted by Gasteiger charge is 2.28. The van der Waals surface area contributed by atoms with Crippen molar-refractivity contribution in [3.05, 3.63) is 24.3 Å². The summed E-state index contributed by atoms with van der Waals surface area (Å²) in [7, 11) is -2.06. The summed E-state index contributed by atoms with van der Waals surface area (Å²) in [4.78, 5) is 0.240. The van der Waals surface area contributed by atoms with Gasteiger partial charge in [0, 0.05) is 6.04 Å². The molecule has 0 atom stereocenters. The van der Waals surface area contributed by atoms with Gasteiger partial charge in [-0.25, -0.2) is 13.1 Å². The molecule has 1 fully saturated rings. The van der Waals surface area contributed by atoms with Gasteiger partial charge in [-0.15, -0.1) is 0 Å². The number of benzene rings is 1. The number of aliphatic hydroxyl groups is 1. The fourth-order valence-corrected chi connectivity index (χ4v) is 2.75. The van der Waals surface area contributed by atoms with Gasteiger partial charge in [0.2, 0.25) is 10.0 Å². The van der Waals surface area contributed by atoms with Crippen molar-refractivity contribution in [2.45, 2.75) is 29.9 Å². The van der Waals surface area contributed by atoms with Crippen LogP contribution in [-0.2, 0) is 10.0 Å². The first-order valence-electron chi connectivity index (χ1n) is 5.50. The molecule has 1 aromatic rings. The standard InChI is InChI=1S/C11H16N2O3S/c1-12-17(15,16)11-5-3-2-4-10(11)13-8-6-9(14)7-8/h2-5,8-9,12-14H,6-7H2,1H3. The van der Waals surface area contributed by atoms with Crippen molar-refractivity contribution in [2.24, 2.45) is 0 Å². The molecule has 2 rings (SSSR count). The number of aliphatic hydroxyl groups excluding tert-OH is 1. The van der Waals surface area contributed by atoms with Crippen molar-refractivity contribution in [3.8, 4) is 0 Å². The minimum Gasteiger partial charge on any atom is -0.393 e. The van der Waals surface area contributed by atoms with Gasteiger partial charge in [-0.05, 0) is 32.0 Å². The summed E-state index contributed by atoms with van der Waals surface area (Å²) in [6.45, 7) is 0. The third-order valence-corrected chi connectivity index (χ3v) is 4.39. The van der Waals surface area contributed by atoms with Gasteiger partial charge in [0.05, 0.1) is 11.8 Å². The van der Waals surface area contributed by atoms with E-state index in [1.807, 2.05) is 0 Å². The highest BCUT2D eigenvalue weighted by atomic mass is 32.2. The second-order valence-electron chi connectivity index (χ2n) is 4.17. The Bertz CT molecular complexity index is 495. The number of rotatable bonds is 4. The summed E-state index contributed by atoms with van der Waals surface area (Å²) >= 11 is 0. The van der Waals surface area contributed by atoms with Gasteiger partial charge in [-0.3, -0.25) is 0 Å². The Labute approximate surface area is 101 Å². The van der Waals surface area contributed by atoms with Gasteiger partial charge in [0.15, 0.2) is 0 Å².